The van der Waals surface area contributed by atoms with Crippen LogP contribution < -0.4 is 5.73 Å². The van der Waals surface area contributed by atoms with Crippen molar-refractivity contribution in [2.24, 2.45) is 5.73 Å². The van der Waals surface area contributed by atoms with Gasteiger partial charge < -0.3 is 9.47 Å². The Hall–Kier alpha value is -1.20. The summed E-state index contributed by atoms with van der Waals surface area (Å²) in [6.07, 6.45) is -1.23. The lowest BCUT2D eigenvalue weighted by atomic mass is 10.4. The summed E-state index contributed by atoms with van der Waals surface area (Å²) in [5.41, 5.74) is 5.22. The fourth-order valence-corrected chi connectivity index (χ4v) is 0.333. The summed E-state index contributed by atoms with van der Waals surface area (Å²) >= 11 is 0. The average molecular weight is 173 g/mol. The van der Waals surface area contributed by atoms with Gasteiger partial charge in [0.1, 0.15) is 0 Å². The number of ether oxygens (including phenoxy) is 2. The molecule has 0 aromatic carbocycles. The van der Waals surface area contributed by atoms with Crippen molar-refractivity contribution in [3.05, 3.63) is 12.2 Å². The molecule has 0 amide bonds. The first-order chi connectivity index (χ1) is 5.49. The number of carbonyl (C=O) groups is 2. The molecule has 0 aromatic rings. The summed E-state index contributed by atoms with van der Waals surface area (Å²) in [4.78, 5) is 21.5. The Balaban J connectivity index is 4.01. The van der Waals surface area contributed by atoms with Crippen molar-refractivity contribution < 1.29 is 19.1 Å². The summed E-state index contributed by atoms with van der Waals surface area (Å²) in [6.45, 7) is 4.71. The Morgan fingerprint density at radius 2 is 2.00 bits per heavy atom. The highest BCUT2D eigenvalue weighted by molar-refractivity contribution is 5.96. The van der Waals surface area contributed by atoms with Gasteiger partial charge in [0.05, 0.1) is 0 Å². The highest BCUT2D eigenvalue weighted by Crippen LogP contribution is 1.94. The summed E-state index contributed by atoms with van der Waals surface area (Å²) in [6, 6.07) is 0. The Bertz CT molecular complexity index is 211. The molecular weight excluding hydrogens is 162 g/mol. The molecule has 5 heteroatoms. The summed E-state index contributed by atoms with van der Waals surface area (Å²) in [7, 11) is 1.23. The number of hydrogen-bond acceptors (Lipinski definition) is 5. The largest absolute Gasteiger partial charge is 0.387 e. The van der Waals surface area contributed by atoms with E-state index in [4.69, 9.17) is 5.73 Å². The van der Waals surface area contributed by atoms with E-state index in [0.29, 0.717) is 0 Å². The van der Waals surface area contributed by atoms with Crippen LogP contribution in [-0.2, 0) is 19.1 Å². The van der Waals surface area contributed by atoms with Crippen LogP contribution in [0.5, 0.6) is 0 Å². The van der Waals surface area contributed by atoms with E-state index in [-0.39, 0.29) is 5.57 Å². The standard InChI is InChI=1S/C7H11NO4/c1-4(2)6(9)12-7(10)5(8)11-3/h5H,1,8H2,2-3H3. The van der Waals surface area contributed by atoms with Crippen LogP contribution in [0.4, 0.5) is 0 Å². The van der Waals surface area contributed by atoms with Gasteiger partial charge in [0, 0.05) is 12.7 Å². The first kappa shape index (κ1) is 10.8. The van der Waals surface area contributed by atoms with E-state index in [1.807, 2.05) is 0 Å². The minimum Gasteiger partial charge on any atom is -0.387 e. The maximum absolute atomic E-state index is 10.8. The Kier molecular flexibility index (Phi) is 4.17. The van der Waals surface area contributed by atoms with Crippen LogP contribution in [-0.4, -0.2) is 25.3 Å². The van der Waals surface area contributed by atoms with Gasteiger partial charge in [0.25, 0.3) is 0 Å². The van der Waals surface area contributed by atoms with Crippen LogP contribution in [0.15, 0.2) is 12.2 Å². The van der Waals surface area contributed by atoms with E-state index >= 15 is 0 Å². The van der Waals surface area contributed by atoms with E-state index in [9.17, 15) is 9.59 Å². The van der Waals surface area contributed by atoms with E-state index in [0.717, 1.165) is 0 Å². The maximum atomic E-state index is 10.8. The van der Waals surface area contributed by atoms with Gasteiger partial charge >= 0.3 is 11.9 Å². The number of carbonyl (C=O) groups excluding carboxylic acids is 2. The highest BCUT2D eigenvalue weighted by Gasteiger charge is 2.17. The number of esters is 2. The highest BCUT2D eigenvalue weighted by atomic mass is 16.6. The van der Waals surface area contributed by atoms with E-state index in [1.165, 1.54) is 14.0 Å². The smallest absolute Gasteiger partial charge is 0.358 e. The molecule has 0 aliphatic rings. The SMILES string of the molecule is C=C(C)C(=O)OC(=O)C(N)OC. The zero-order chi connectivity index (χ0) is 9.72. The average Bonchev–Trinajstić information content (AvgIpc) is 2.02. The van der Waals surface area contributed by atoms with Gasteiger partial charge in [-0.3, -0.25) is 5.73 Å². The van der Waals surface area contributed by atoms with Crippen molar-refractivity contribution in [2.75, 3.05) is 7.11 Å². The second-order valence-electron chi connectivity index (χ2n) is 2.15. The van der Waals surface area contributed by atoms with Crippen molar-refractivity contribution in [2.45, 2.75) is 13.2 Å². The zero-order valence-electron chi connectivity index (χ0n) is 6.99. The number of methoxy groups -OCH3 is 1. The van der Waals surface area contributed by atoms with Gasteiger partial charge in [0.15, 0.2) is 0 Å². The van der Waals surface area contributed by atoms with Crippen LogP contribution in [0.1, 0.15) is 6.92 Å². The molecule has 0 saturated heterocycles. The minimum absolute atomic E-state index is 0.131. The zero-order valence-corrected chi connectivity index (χ0v) is 6.99. The number of hydrogen-bond donors (Lipinski definition) is 1. The third kappa shape index (κ3) is 3.27. The number of rotatable bonds is 3. The summed E-state index contributed by atoms with van der Waals surface area (Å²) in [5, 5.41) is 0. The molecule has 0 fully saturated rings. The van der Waals surface area contributed by atoms with Crippen LogP contribution >= 0.6 is 0 Å². The summed E-state index contributed by atoms with van der Waals surface area (Å²) in [5.74, 6) is -1.72. The Morgan fingerprint density at radius 3 is 2.33 bits per heavy atom. The molecule has 0 spiro atoms. The molecule has 0 heterocycles. The van der Waals surface area contributed by atoms with E-state index in [1.54, 1.807) is 0 Å². The molecule has 0 aliphatic heterocycles. The molecule has 5 nitrogen and oxygen atoms in total. The molecule has 1 unspecified atom stereocenters. The lowest BCUT2D eigenvalue weighted by Crippen LogP contribution is -2.35. The fraction of sp³-hybridized carbons (Fsp3) is 0.429. The van der Waals surface area contributed by atoms with Crippen LogP contribution in [0.3, 0.4) is 0 Å². The van der Waals surface area contributed by atoms with Crippen molar-refractivity contribution in [1.82, 2.24) is 0 Å². The third-order valence-electron chi connectivity index (χ3n) is 1.03. The topological polar surface area (TPSA) is 78.6 Å². The molecule has 0 bridgehead atoms. The fourth-order valence-electron chi connectivity index (χ4n) is 0.333. The molecule has 0 aromatic heterocycles. The second-order valence-corrected chi connectivity index (χ2v) is 2.15. The van der Waals surface area contributed by atoms with Crippen molar-refractivity contribution in [1.29, 1.82) is 0 Å². The predicted molar refractivity (Wildman–Crippen MR) is 40.9 cm³/mol. The molecule has 1 atom stereocenters. The lowest BCUT2D eigenvalue weighted by Gasteiger charge is -2.07. The molecule has 0 aliphatic carbocycles. The molecule has 0 rings (SSSR count). The van der Waals surface area contributed by atoms with E-state index in [2.05, 4.69) is 16.1 Å². The van der Waals surface area contributed by atoms with Crippen molar-refractivity contribution >= 4 is 11.9 Å². The maximum Gasteiger partial charge on any atom is 0.358 e. The predicted octanol–water partition coefficient (Wildman–Crippen LogP) is -0.437. The van der Waals surface area contributed by atoms with Crippen molar-refractivity contribution in [3.8, 4) is 0 Å². The third-order valence-corrected chi connectivity index (χ3v) is 1.03. The van der Waals surface area contributed by atoms with Gasteiger partial charge in [-0.05, 0) is 6.92 Å². The van der Waals surface area contributed by atoms with Gasteiger partial charge in [0.2, 0.25) is 6.23 Å². The van der Waals surface area contributed by atoms with Crippen molar-refractivity contribution in [3.63, 3.8) is 0 Å². The molecule has 0 saturated carbocycles. The molecule has 12 heavy (non-hydrogen) atoms. The first-order valence-corrected chi connectivity index (χ1v) is 3.19. The molecule has 2 N–H and O–H groups in total. The van der Waals surface area contributed by atoms with Gasteiger partial charge in [-0.25, -0.2) is 9.59 Å². The van der Waals surface area contributed by atoms with Gasteiger partial charge in [-0.15, -0.1) is 0 Å². The quantitative estimate of drug-likeness (QED) is 0.271. The molecular formula is C7H11NO4. The van der Waals surface area contributed by atoms with Gasteiger partial charge in [-0.1, -0.05) is 6.58 Å². The number of nitrogens with two attached hydrogens (primary N) is 1. The summed E-state index contributed by atoms with van der Waals surface area (Å²) < 4.78 is 8.65. The minimum atomic E-state index is -1.23. The van der Waals surface area contributed by atoms with Crippen LogP contribution in [0.25, 0.3) is 0 Å². The lowest BCUT2D eigenvalue weighted by molar-refractivity contribution is -0.164. The molecule has 0 radical (unpaired) electrons. The van der Waals surface area contributed by atoms with Crippen LogP contribution in [0.2, 0.25) is 0 Å². The monoisotopic (exact) mass is 173 g/mol. The van der Waals surface area contributed by atoms with Crippen LogP contribution in [0, 0.1) is 0 Å². The first-order valence-electron chi connectivity index (χ1n) is 3.19. The Morgan fingerprint density at radius 1 is 1.50 bits per heavy atom. The Labute approximate surface area is 70.1 Å². The normalized spacial score (nSPS) is 11.9. The molecule has 68 valence electrons. The second kappa shape index (κ2) is 4.63. The van der Waals surface area contributed by atoms with Gasteiger partial charge in [-0.2, -0.15) is 0 Å². The van der Waals surface area contributed by atoms with E-state index < -0.39 is 18.2 Å².